The molecule has 0 aliphatic heterocycles. The van der Waals surface area contributed by atoms with E-state index in [2.05, 4.69) is 5.32 Å². The van der Waals surface area contributed by atoms with Gasteiger partial charge in [-0.25, -0.2) is 4.79 Å². The molecule has 0 spiro atoms. The molecule has 148 valence electrons. The number of halogens is 1. The van der Waals surface area contributed by atoms with Crippen LogP contribution < -0.4 is 5.32 Å². The maximum atomic E-state index is 12.7. The highest BCUT2D eigenvalue weighted by Crippen LogP contribution is 2.37. The summed E-state index contributed by atoms with van der Waals surface area (Å²) in [5.74, 6) is -1.18. The van der Waals surface area contributed by atoms with Crippen LogP contribution in [0, 0.1) is 17.0 Å². The van der Waals surface area contributed by atoms with E-state index in [-0.39, 0.29) is 21.8 Å². The maximum Gasteiger partial charge on any atom is 0.341 e. The molecule has 0 atom stereocenters. The number of esters is 1. The number of anilines is 1. The highest BCUT2D eigenvalue weighted by atomic mass is 35.5. The summed E-state index contributed by atoms with van der Waals surface area (Å²) in [6.45, 7) is 1.59. The third kappa shape index (κ3) is 4.28. The van der Waals surface area contributed by atoms with Crippen molar-refractivity contribution in [3.05, 3.63) is 79.7 Å². The van der Waals surface area contributed by atoms with E-state index in [0.29, 0.717) is 16.1 Å². The minimum atomic E-state index is -0.610. The van der Waals surface area contributed by atoms with E-state index in [0.717, 1.165) is 16.9 Å². The Hall–Kier alpha value is -3.23. The van der Waals surface area contributed by atoms with E-state index in [1.165, 1.54) is 25.3 Å². The number of nitro benzene ring substituents is 1. The van der Waals surface area contributed by atoms with Gasteiger partial charge in [-0.05, 0) is 30.7 Å². The lowest BCUT2D eigenvalue weighted by atomic mass is 10.0. The molecule has 3 rings (SSSR count). The Bertz CT molecular complexity index is 1110. The zero-order chi connectivity index (χ0) is 21.1. The minimum Gasteiger partial charge on any atom is -0.465 e. The molecule has 0 saturated heterocycles. The average molecular weight is 431 g/mol. The first-order valence-electron chi connectivity index (χ1n) is 8.34. The second-order valence-electron chi connectivity index (χ2n) is 6.06. The van der Waals surface area contributed by atoms with E-state index >= 15 is 0 Å². The third-order valence-corrected chi connectivity index (χ3v) is 5.38. The number of benzene rings is 2. The number of methoxy groups -OCH3 is 1. The van der Waals surface area contributed by atoms with Crippen molar-refractivity contribution < 1.29 is 19.2 Å². The predicted molar refractivity (Wildman–Crippen MR) is 112 cm³/mol. The highest BCUT2D eigenvalue weighted by molar-refractivity contribution is 7.15. The molecule has 0 bridgehead atoms. The summed E-state index contributed by atoms with van der Waals surface area (Å²) in [6, 6.07) is 11.1. The lowest BCUT2D eigenvalue weighted by molar-refractivity contribution is -0.385. The lowest BCUT2D eigenvalue weighted by Gasteiger charge is -2.08. The van der Waals surface area contributed by atoms with Crippen LogP contribution >= 0.6 is 22.9 Å². The van der Waals surface area contributed by atoms with Crippen LogP contribution in [-0.4, -0.2) is 23.9 Å². The molecule has 0 saturated carbocycles. The smallest absolute Gasteiger partial charge is 0.341 e. The van der Waals surface area contributed by atoms with Crippen molar-refractivity contribution >= 4 is 45.5 Å². The fraction of sp³-hybridized carbons (Fsp3) is 0.100. The van der Waals surface area contributed by atoms with Crippen molar-refractivity contribution in [2.75, 3.05) is 12.4 Å². The molecule has 1 amide bonds. The number of carbonyl (C=O) groups excluding carboxylic acids is 2. The lowest BCUT2D eigenvalue weighted by Crippen LogP contribution is -2.14. The molecule has 0 fully saturated rings. The van der Waals surface area contributed by atoms with Gasteiger partial charge in [0.15, 0.2) is 0 Å². The molecule has 7 nitrogen and oxygen atoms in total. The van der Waals surface area contributed by atoms with Gasteiger partial charge < -0.3 is 10.1 Å². The first kappa shape index (κ1) is 20.5. The van der Waals surface area contributed by atoms with Crippen molar-refractivity contribution in [3.63, 3.8) is 0 Å². The predicted octanol–water partition coefficient (Wildman–Crippen LogP) is 5.32. The maximum absolute atomic E-state index is 12.7. The fourth-order valence-corrected chi connectivity index (χ4v) is 3.80. The van der Waals surface area contributed by atoms with Crippen LogP contribution in [0.2, 0.25) is 5.02 Å². The monoisotopic (exact) mass is 430 g/mol. The van der Waals surface area contributed by atoms with Crippen LogP contribution in [0.4, 0.5) is 10.7 Å². The zero-order valence-electron chi connectivity index (χ0n) is 15.4. The standard InChI is InChI=1S/C20H15ClN2O5S/c1-11-3-4-13(9-16(11)23(26)27)18(24)22-19-17(20(25)28-2)15(10-29-19)12-5-7-14(21)8-6-12/h3-10H,1-2H3,(H,22,24). The Morgan fingerprint density at radius 1 is 1.17 bits per heavy atom. The molecular formula is C20H15ClN2O5S. The molecule has 1 aromatic heterocycles. The van der Waals surface area contributed by atoms with E-state index < -0.39 is 16.8 Å². The van der Waals surface area contributed by atoms with Crippen molar-refractivity contribution in [1.82, 2.24) is 0 Å². The van der Waals surface area contributed by atoms with Gasteiger partial charge in [-0.1, -0.05) is 29.8 Å². The molecular weight excluding hydrogens is 416 g/mol. The van der Waals surface area contributed by atoms with Gasteiger partial charge in [-0.15, -0.1) is 11.3 Å². The summed E-state index contributed by atoms with van der Waals surface area (Å²) in [6.07, 6.45) is 0. The van der Waals surface area contributed by atoms with Crippen LogP contribution in [0.25, 0.3) is 11.1 Å². The number of thiophene rings is 1. The van der Waals surface area contributed by atoms with Crippen molar-refractivity contribution in [3.8, 4) is 11.1 Å². The van der Waals surface area contributed by atoms with Gasteiger partial charge in [-0.3, -0.25) is 14.9 Å². The molecule has 0 radical (unpaired) electrons. The second-order valence-corrected chi connectivity index (χ2v) is 7.38. The highest BCUT2D eigenvalue weighted by Gasteiger charge is 2.23. The molecule has 1 heterocycles. The topological polar surface area (TPSA) is 98.5 Å². The fourth-order valence-electron chi connectivity index (χ4n) is 2.72. The van der Waals surface area contributed by atoms with Crippen LogP contribution in [0.5, 0.6) is 0 Å². The summed E-state index contributed by atoms with van der Waals surface area (Å²) >= 11 is 7.08. The van der Waals surface area contributed by atoms with Gasteiger partial charge in [0, 0.05) is 33.2 Å². The first-order valence-corrected chi connectivity index (χ1v) is 9.59. The summed E-state index contributed by atoms with van der Waals surface area (Å²) < 4.78 is 4.88. The first-order chi connectivity index (χ1) is 13.8. The largest absolute Gasteiger partial charge is 0.465 e. The number of carbonyl (C=O) groups is 2. The summed E-state index contributed by atoms with van der Waals surface area (Å²) in [7, 11) is 1.25. The summed E-state index contributed by atoms with van der Waals surface area (Å²) in [5, 5.41) is 16.4. The Balaban J connectivity index is 1.98. The minimum absolute atomic E-state index is 0.111. The molecule has 1 N–H and O–H groups in total. The number of hydrogen-bond acceptors (Lipinski definition) is 6. The van der Waals surface area contributed by atoms with Crippen LogP contribution in [-0.2, 0) is 4.74 Å². The van der Waals surface area contributed by atoms with E-state index in [4.69, 9.17) is 16.3 Å². The number of hydrogen-bond donors (Lipinski definition) is 1. The SMILES string of the molecule is COC(=O)c1c(-c2ccc(Cl)cc2)csc1NC(=O)c1ccc(C)c([N+](=O)[O-])c1. The van der Waals surface area contributed by atoms with Gasteiger partial charge >= 0.3 is 5.97 Å². The Morgan fingerprint density at radius 2 is 1.86 bits per heavy atom. The van der Waals surface area contributed by atoms with E-state index in [9.17, 15) is 19.7 Å². The van der Waals surface area contributed by atoms with Crippen LogP contribution in [0.1, 0.15) is 26.3 Å². The average Bonchev–Trinajstić information content (AvgIpc) is 3.11. The van der Waals surface area contributed by atoms with Gasteiger partial charge in [0.2, 0.25) is 0 Å². The van der Waals surface area contributed by atoms with Crippen LogP contribution in [0.15, 0.2) is 47.8 Å². The molecule has 0 aliphatic rings. The van der Waals surface area contributed by atoms with Crippen LogP contribution in [0.3, 0.4) is 0 Å². The van der Waals surface area contributed by atoms with Gasteiger partial charge in [0.1, 0.15) is 10.6 Å². The molecule has 29 heavy (non-hydrogen) atoms. The van der Waals surface area contributed by atoms with Crippen molar-refractivity contribution in [2.24, 2.45) is 0 Å². The second kappa shape index (κ2) is 8.42. The quantitative estimate of drug-likeness (QED) is 0.335. The van der Waals surface area contributed by atoms with Gasteiger partial charge in [0.05, 0.1) is 12.0 Å². The Morgan fingerprint density at radius 3 is 2.48 bits per heavy atom. The molecule has 3 aromatic rings. The number of aryl methyl sites for hydroxylation is 1. The Labute approximate surface area is 175 Å². The number of nitro groups is 1. The molecule has 0 unspecified atom stereocenters. The number of rotatable bonds is 5. The number of amides is 1. The Kier molecular flexibility index (Phi) is 5.95. The molecule has 9 heteroatoms. The van der Waals surface area contributed by atoms with Crippen molar-refractivity contribution in [1.29, 1.82) is 0 Å². The van der Waals surface area contributed by atoms with Gasteiger partial charge in [0.25, 0.3) is 11.6 Å². The normalized spacial score (nSPS) is 10.4. The van der Waals surface area contributed by atoms with Crippen molar-refractivity contribution in [2.45, 2.75) is 6.92 Å². The number of nitrogens with one attached hydrogen (secondary N) is 1. The van der Waals surface area contributed by atoms with E-state index in [1.54, 1.807) is 36.6 Å². The summed E-state index contributed by atoms with van der Waals surface area (Å²) in [5.41, 5.74) is 1.93. The van der Waals surface area contributed by atoms with E-state index in [1.807, 2.05) is 0 Å². The summed E-state index contributed by atoms with van der Waals surface area (Å²) in [4.78, 5) is 35.6. The third-order valence-electron chi connectivity index (χ3n) is 4.23. The van der Waals surface area contributed by atoms with Gasteiger partial charge in [-0.2, -0.15) is 0 Å². The zero-order valence-corrected chi connectivity index (χ0v) is 17.0. The number of ether oxygens (including phenoxy) is 1. The molecule has 0 aliphatic carbocycles. The number of nitrogens with zero attached hydrogens (tertiary/aromatic N) is 1. The molecule has 2 aromatic carbocycles.